The summed E-state index contributed by atoms with van der Waals surface area (Å²) in [4.78, 5) is 58.0. The molecule has 186 valence electrons. The molecule has 2 aromatic carbocycles. The topological polar surface area (TPSA) is 111 Å². The van der Waals surface area contributed by atoms with Crippen molar-refractivity contribution in [1.29, 1.82) is 0 Å². The molecular formula is C27H26N2O6S. The first kappa shape index (κ1) is 25.4. The molecule has 1 aliphatic carbocycles. The number of oxime groups is 2. The molecule has 0 radical (unpaired) electrons. The van der Waals surface area contributed by atoms with Gasteiger partial charge in [-0.1, -0.05) is 36.5 Å². The van der Waals surface area contributed by atoms with Gasteiger partial charge in [-0.2, -0.15) is 0 Å². The molecule has 8 nitrogen and oxygen atoms in total. The Kier molecular flexibility index (Phi) is 7.69. The van der Waals surface area contributed by atoms with Crippen molar-refractivity contribution >= 4 is 66.4 Å². The van der Waals surface area contributed by atoms with E-state index in [4.69, 9.17) is 4.84 Å². The third kappa shape index (κ3) is 5.41. The quantitative estimate of drug-likeness (QED) is 0.119. The fourth-order valence-electron chi connectivity index (χ4n) is 4.18. The summed E-state index contributed by atoms with van der Waals surface area (Å²) in [5.74, 6) is -1.73. The molecule has 4 rings (SSSR count). The second kappa shape index (κ2) is 10.9. The Hall–Kier alpha value is -3.72. The maximum atomic E-state index is 13.3. The van der Waals surface area contributed by atoms with E-state index in [1.54, 1.807) is 23.5 Å². The predicted octanol–water partition coefficient (Wildman–Crippen LogP) is 5.78. The van der Waals surface area contributed by atoms with E-state index in [1.807, 2.05) is 18.2 Å². The SMILES string of the molecule is CCCCCC/C(=N\OC(C)=O)C(=O)c1ccc2sc3cc4c(cc3c2c1)C(=O)/C(=N/OC(C)=O)C4. The smallest absolute Gasteiger partial charge is 0.318 e. The van der Waals surface area contributed by atoms with Crippen LogP contribution < -0.4 is 0 Å². The highest BCUT2D eigenvalue weighted by molar-refractivity contribution is 7.25. The summed E-state index contributed by atoms with van der Waals surface area (Å²) >= 11 is 1.56. The third-order valence-corrected chi connectivity index (χ3v) is 7.05. The molecule has 0 atom stereocenters. The van der Waals surface area contributed by atoms with E-state index in [-0.39, 0.29) is 23.0 Å². The van der Waals surface area contributed by atoms with Crippen LogP contribution in [0.25, 0.3) is 20.2 Å². The van der Waals surface area contributed by atoms with Gasteiger partial charge in [-0.3, -0.25) is 9.59 Å². The molecule has 0 fully saturated rings. The van der Waals surface area contributed by atoms with Crippen LogP contribution in [0.5, 0.6) is 0 Å². The van der Waals surface area contributed by atoms with Crippen molar-refractivity contribution in [2.45, 2.75) is 59.3 Å². The van der Waals surface area contributed by atoms with E-state index in [1.165, 1.54) is 13.8 Å². The fraction of sp³-hybridized carbons (Fsp3) is 0.333. The lowest BCUT2D eigenvalue weighted by atomic mass is 9.99. The van der Waals surface area contributed by atoms with Gasteiger partial charge < -0.3 is 9.68 Å². The van der Waals surface area contributed by atoms with Gasteiger partial charge in [-0.15, -0.1) is 11.3 Å². The first-order chi connectivity index (χ1) is 17.3. The number of benzene rings is 2. The summed E-state index contributed by atoms with van der Waals surface area (Å²) in [6.45, 7) is 4.58. The van der Waals surface area contributed by atoms with Crippen LogP contribution in [-0.2, 0) is 25.7 Å². The van der Waals surface area contributed by atoms with Crippen LogP contribution in [0.15, 0.2) is 40.6 Å². The van der Waals surface area contributed by atoms with Gasteiger partial charge in [0.2, 0.25) is 11.6 Å². The molecule has 3 aromatic rings. The Morgan fingerprint density at radius 2 is 1.69 bits per heavy atom. The van der Waals surface area contributed by atoms with E-state index >= 15 is 0 Å². The largest absolute Gasteiger partial charge is 0.331 e. The molecule has 0 unspecified atom stereocenters. The summed E-state index contributed by atoms with van der Waals surface area (Å²) in [6, 6.07) is 9.19. The van der Waals surface area contributed by atoms with E-state index in [0.29, 0.717) is 24.0 Å². The van der Waals surface area contributed by atoms with E-state index in [0.717, 1.165) is 51.4 Å². The zero-order valence-electron chi connectivity index (χ0n) is 20.4. The summed E-state index contributed by atoms with van der Waals surface area (Å²) in [7, 11) is 0. The summed E-state index contributed by atoms with van der Waals surface area (Å²) in [6.07, 6.45) is 4.56. The number of unbranched alkanes of at least 4 members (excludes halogenated alkanes) is 3. The lowest BCUT2D eigenvalue weighted by Crippen LogP contribution is -2.16. The summed E-state index contributed by atoms with van der Waals surface area (Å²) in [5, 5.41) is 9.26. The number of Topliss-reactive ketones (excluding diaryl/α,β-unsaturated/α-hetero) is 2. The molecule has 0 bridgehead atoms. The number of carbonyl (C=O) groups excluding carboxylic acids is 4. The minimum Gasteiger partial charge on any atom is -0.318 e. The molecule has 0 spiro atoms. The van der Waals surface area contributed by atoms with Gasteiger partial charge >= 0.3 is 11.9 Å². The normalized spacial score (nSPS) is 14.5. The van der Waals surface area contributed by atoms with Gasteiger partial charge in [0.25, 0.3) is 0 Å². The van der Waals surface area contributed by atoms with Crippen molar-refractivity contribution in [3.8, 4) is 0 Å². The van der Waals surface area contributed by atoms with E-state index in [2.05, 4.69) is 22.1 Å². The van der Waals surface area contributed by atoms with Gasteiger partial charge in [0.1, 0.15) is 11.4 Å². The number of hydrogen-bond donors (Lipinski definition) is 0. The monoisotopic (exact) mass is 506 g/mol. The zero-order chi connectivity index (χ0) is 25.8. The minimum atomic E-state index is -0.586. The summed E-state index contributed by atoms with van der Waals surface area (Å²) in [5.41, 5.74) is 2.17. The number of hydrogen-bond acceptors (Lipinski definition) is 9. The number of nitrogens with zero attached hydrogens (tertiary/aromatic N) is 2. The van der Waals surface area contributed by atoms with Crippen molar-refractivity contribution in [3.63, 3.8) is 0 Å². The molecule has 36 heavy (non-hydrogen) atoms. The Morgan fingerprint density at radius 3 is 2.42 bits per heavy atom. The second-order valence-electron chi connectivity index (χ2n) is 8.71. The fourth-order valence-corrected chi connectivity index (χ4v) is 5.31. The standard InChI is InChI=1S/C27H26N2O6S/c1-4-5-6-7-8-22(28-34-15(2)30)26(32)17-9-10-24-20(11-17)21-14-19-18(13-25(21)36-24)12-23(27(19)33)29-35-16(3)31/h9-11,13-14H,4-8,12H2,1-3H3/b28-22+,29-23+. The van der Waals surface area contributed by atoms with Gasteiger partial charge in [-0.05, 0) is 48.7 Å². The van der Waals surface area contributed by atoms with Crippen molar-refractivity contribution in [1.82, 2.24) is 0 Å². The van der Waals surface area contributed by atoms with Gasteiger partial charge in [0, 0.05) is 51.6 Å². The molecule has 0 amide bonds. The van der Waals surface area contributed by atoms with Crippen LogP contribution in [-0.4, -0.2) is 34.9 Å². The molecule has 0 aliphatic heterocycles. The van der Waals surface area contributed by atoms with Crippen LogP contribution in [0, 0.1) is 0 Å². The zero-order valence-corrected chi connectivity index (χ0v) is 21.2. The maximum Gasteiger partial charge on any atom is 0.331 e. The van der Waals surface area contributed by atoms with Crippen LogP contribution in [0.4, 0.5) is 0 Å². The number of thiophene rings is 1. The van der Waals surface area contributed by atoms with Gasteiger partial charge in [0.05, 0.1) is 0 Å². The van der Waals surface area contributed by atoms with Crippen LogP contribution in [0.3, 0.4) is 0 Å². The predicted molar refractivity (Wildman–Crippen MR) is 139 cm³/mol. The average Bonchev–Trinajstić information content (AvgIpc) is 3.36. The third-order valence-electron chi connectivity index (χ3n) is 5.92. The molecule has 9 heteroatoms. The molecule has 0 saturated heterocycles. The minimum absolute atomic E-state index is 0.187. The highest BCUT2D eigenvalue weighted by Gasteiger charge is 2.29. The van der Waals surface area contributed by atoms with E-state index < -0.39 is 11.9 Å². The maximum absolute atomic E-state index is 13.3. The first-order valence-corrected chi connectivity index (χ1v) is 12.7. The van der Waals surface area contributed by atoms with Crippen molar-refractivity contribution < 1.29 is 28.9 Å². The number of fused-ring (bicyclic) bond motifs is 4. The first-order valence-electron chi connectivity index (χ1n) is 11.9. The summed E-state index contributed by atoms with van der Waals surface area (Å²) < 4.78 is 1.95. The van der Waals surface area contributed by atoms with Crippen LogP contribution in [0.2, 0.25) is 0 Å². The molecule has 1 aliphatic rings. The number of carbonyl (C=O) groups is 4. The lowest BCUT2D eigenvalue weighted by molar-refractivity contribution is -0.141. The molecule has 1 aromatic heterocycles. The Bertz CT molecular complexity index is 1450. The molecule has 0 N–H and O–H groups in total. The van der Waals surface area contributed by atoms with E-state index in [9.17, 15) is 19.2 Å². The van der Waals surface area contributed by atoms with Crippen LogP contribution >= 0.6 is 11.3 Å². The number of ketones is 2. The highest BCUT2D eigenvalue weighted by atomic mass is 32.1. The molecule has 0 saturated carbocycles. The number of rotatable bonds is 9. The Morgan fingerprint density at radius 1 is 0.944 bits per heavy atom. The Labute approximate surface area is 211 Å². The molecular weight excluding hydrogens is 480 g/mol. The van der Waals surface area contributed by atoms with Gasteiger partial charge in [-0.25, -0.2) is 9.59 Å². The molecule has 1 heterocycles. The average molecular weight is 507 g/mol. The lowest BCUT2D eigenvalue weighted by Gasteiger charge is -2.06. The Balaban J connectivity index is 1.68. The van der Waals surface area contributed by atoms with Crippen molar-refractivity contribution in [2.24, 2.45) is 10.3 Å². The van der Waals surface area contributed by atoms with Crippen LogP contribution in [0.1, 0.15) is 79.2 Å². The highest BCUT2D eigenvalue weighted by Crippen LogP contribution is 2.38. The van der Waals surface area contributed by atoms with Crippen molar-refractivity contribution in [2.75, 3.05) is 0 Å². The van der Waals surface area contributed by atoms with Gasteiger partial charge in [0.15, 0.2) is 0 Å². The van der Waals surface area contributed by atoms with Crippen molar-refractivity contribution in [3.05, 3.63) is 47.0 Å². The second-order valence-corrected chi connectivity index (χ2v) is 9.79.